The van der Waals surface area contributed by atoms with Crippen LogP contribution in [0.15, 0.2) is 29.3 Å². The third-order valence-corrected chi connectivity index (χ3v) is 6.10. The van der Waals surface area contributed by atoms with Crippen molar-refractivity contribution in [2.75, 3.05) is 29.7 Å². The van der Waals surface area contributed by atoms with Crippen molar-refractivity contribution in [3.63, 3.8) is 0 Å². The molecule has 1 aliphatic rings. The zero-order valence-electron chi connectivity index (χ0n) is 14.5. The molecule has 0 saturated heterocycles. The van der Waals surface area contributed by atoms with Crippen molar-refractivity contribution in [3.05, 3.63) is 45.8 Å². The number of hydrogen-bond donors (Lipinski definition) is 0. The molecule has 0 aliphatic heterocycles. The number of nitriles is 1. The van der Waals surface area contributed by atoms with Crippen molar-refractivity contribution in [1.29, 1.82) is 5.26 Å². The first-order chi connectivity index (χ1) is 12.8. The van der Waals surface area contributed by atoms with Gasteiger partial charge in [0.1, 0.15) is 11.1 Å². The first-order valence-electron chi connectivity index (χ1n) is 8.82. The number of aliphatic imine (C=N–C) groups is 1. The predicted molar refractivity (Wildman–Crippen MR) is 113 cm³/mol. The molecule has 0 spiro atoms. The molecule has 2 aromatic rings. The minimum absolute atomic E-state index is 0.570. The molecule has 0 fully saturated rings. The normalized spacial score (nSPS) is 13.6. The lowest BCUT2D eigenvalue weighted by Crippen LogP contribution is -2.27. The Balaban J connectivity index is 1.77. The number of nitrogens with zero attached hydrogens (tertiary/aromatic N) is 3. The molecule has 6 heteroatoms. The molecule has 26 heavy (non-hydrogen) atoms. The summed E-state index contributed by atoms with van der Waals surface area (Å²) in [5, 5.41) is 10.4. The van der Waals surface area contributed by atoms with Crippen LogP contribution in [-0.4, -0.2) is 31.1 Å². The number of thiophene rings is 1. The highest BCUT2D eigenvalue weighted by Gasteiger charge is 2.20. The molecule has 0 bridgehead atoms. The van der Waals surface area contributed by atoms with Gasteiger partial charge in [-0.3, -0.25) is 0 Å². The topological polar surface area (TPSA) is 39.4 Å². The Labute approximate surface area is 168 Å². The van der Waals surface area contributed by atoms with E-state index >= 15 is 0 Å². The van der Waals surface area contributed by atoms with Crippen LogP contribution in [0.4, 0.5) is 10.7 Å². The fraction of sp³-hybridized carbons (Fsp3) is 0.400. The Kier molecular flexibility index (Phi) is 6.96. The minimum Gasteiger partial charge on any atom is -0.369 e. The third kappa shape index (κ3) is 4.40. The molecule has 0 amide bonds. The number of fused-ring (bicyclic) bond motifs is 1. The third-order valence-electron chi connectivity index (χ3n) is 4.56. The Hall–Kier alpha value is -1.54. The number of aryl methyl sites for hydroxylation is 1. The predicted octanol–water partition coefficient (Wildman–Crippen LogP) is 5.53. The number of rotatable bonds is 7. The number of hydrogen-bond acceptors (Lipinski definition) is 4. The Morgan fingerprint density at radius 1 is 1.12 bits per heavy atom. The second kappa shape index (κ2) is 9.41. The molecule has 3 nitrogen and oxygen atoms in total. The maximum atomic E-state index is 9.51. The second-order valence-corrected chi connectivity index (χ2v) is 8.06. The van der Waals surface area contributed by atoms with Gasteiger partial charge < -0.3 is 4.90 Å². The average molecular weight is 406 g/mol. The monoisotopic (exact) mass is 405 g/mol. The largest absolute Gasteiger partial charge is 0.369 e. The summed E-state index contributed by atoms with van der Waals surface area (Å²) in [6, 6.07) is 10.5. The van der Waals surface area contributed by atoms with Crippen molar-refractivity contribution in [3.8, 4) is 6.07 Å². The summed E-state index contributed by atoms with van der Waals surface area (Å²) in [4.78, 5) is 8.12. The van der Waals surface area contributed by atoms with Crippen LogP contribution in [-0.2, 0) is 12.8 Å². The van der Waals surface area contributed by atoms with Crippen LogP contribution in [0.1, 0.15) is 34.4 Å². The Morgan fingerprint density at radius 3 is 2.46 bits per heavy atom. The van der Waals surface area contributed by atoms with Gasteiger partial charge in [-0.2, -0.15) is 5.26 Å². The van der Waals surface area contributed by atoms with Crippen LogP contribution in [0.2, 0.25) is 0 Å². The van der Waals surface area contributed by atoms with Crippen molar-refractivity contribution in [2.45, 2.75) is 25.7 Å². The summed E-state index contributed by atoms with van der Waals surface area (Å²) in [7, 11) is 0. The lowest BCUT2D eigenvalue weighted by atomic mass is 9.96. The summed E-state index contributed by atoms with van der Waals surface area (Å²) in [5.41, 5.74) is 4.12. The van der Waals surface area contributed by atoms with Gasteiger partial charge in [-0.15, -0.1) is 34.5 Å². The fourth-order valence-corrected chi connectivity index (χ4v) is 4.83. The van der Waals surface area contributed by atoms with E-state index in [0.717, 1.165) is 47.7 Å². The van der Waals surface area contributed by atoms with Crippen LogP contribution in [0.3, 0.4) is 0 Å². The molecule has 1 aromatic carbocycles. The van der Waals surface area contributed by atoms with Crippen LogP contribution in [0.25, 0.3) is 0 Å². The maximum Gasteiger partial charge on any atom is 0.134 e. The number of anilines is 1. The zero-order valence-corrected chi connectivity index (χ0v) is 16.9. The quantitative estimate of drug-likeness (QED) is 0.448. The molecule has 1 heterocycles. The van der Waals surface area contributed by atoms with E-state index in [1.165, 1.54) is 23.3 Å². The number of benzene rings is 1. The number of halogens is 2. The summed E-state index contributed by atoms with van der Waals surface area (Å²) in [6.45, 7) is 1.54. The minimum atomic E-state index is 0.570. The standard InChI is InChI=1S/C20H21Cl2N3S/c21-9-11-25(12-10-22)16-7-5-15(6-8-16)14-24-20-18(13-23)17-3-1-2-4-19(17)26-20/h5-8,14H,1-4,9-12H2. The highest BCUT2D eigenvalue weighted by atomic mass is 35.5. The molecule has 1 aliphatic carbocycles. The smallest absolute Gasteiger partial charge is 0.134 e. The van der Waals surface area contributed by atoms with Gasteiger partial charge >= 0.3 is 0 Å². The highest BCUT2D eigenvalue weighted by molar-refractivity contribution is 7.16. The van der Waals surface area contributed by atoms with Crippen LogP contribution in [0.5, 0.6) is 0 Å². The molecule has 0 atom stereocenters. The van der Waals surface area contributed by atoms with Crippen LogP contribution >= 0.6 is 34.5 Å². The first-order valence-corrected chi connectivity index (χ1v) is 10.7. The van der Waals surface area contributed by atoms with Crippen LogP contribution in [0, 0.1) is 11.3 Å². The van der Waals surface area contributed by atoms with E-state index in [4.69, 9.17) is 23.2 Å². The molecule has 136 valence electrons. The molecule has 0 unspecified atom stereocenters. The SMILES string of the molecule is N#Cc1c(N=Cc2ccc(N(CCCl)CCCl)cc2)sc2c1CCCC2. The average Bonchev–Trinajstić information content (AvgIpc) is 3.04. The molecule has 0 N–H and O–H groups in total. The van der Waals surface area contributed by atoms with E-state index in [2.05, 4.69) is 28.1 Å². The lowest BCUT2D eigenvalue weighted by molar-refractivity contribution is 0.696. The van der Waals surface area contributed by atoms with E-state index in [9.17, 15) is 5.26 Å². The van der Waals surface area contributed by atoms with Gasteiger partial charge in [-0.25, -0.2) is 4.99 Å². The molecular weight excluding hydrogens is 385 g/mol. The molecule has 0 radical (unpaired) electrons. The summed E-state index contributed by atoms with van der Waals surface area (Å²) in [6.07, 6.45) is 6.31. The van der Waals surface area contributed by atoms with Crippen molar-refractivity contribution < 1.29 is 0 Å². The van der Waals surface area contributed by atoms with Crippen LogP contribution < -0.4 is 4.90 Å². The second-order valence-electron chi connectivity index (χ2n) is 6.22. The van der Waals surface area contributed by atoms with Gasteiger partial charge in [-0.05, 0) is 48.9 Å². The van der Waals surface area contributed by atoms with Gasteiger partial charge in [0, 0.05) is 41.6 Å². The molecular formula is C20H21Cl2N3S. The van der Waals surface area contributed by atoms with E-state index in [-0.39, 0.29) is 0 Å². The van der Waals surface area contributed by atoms with E-state index in [0.29, 0.717) is 11.8 Å². The van der Waals surface area contributed by atoms with E-state index in [1.54, 1.807) is 11.3 Å². The van der Waals surface area contributed by atoms with Crippen molar-refractivity contribution in [2.24, 2.45) is 4.99 Å². The van der Waals surface area contributed by atoms with E-state index < -0.39 is 0 Å². The molecule has 0 saturated carbocycles. The Bertz CT molecular complexity index is 800. The highest BCUT2D eigenvalue weighted by Crippen LogP contribution is 2.39. The van der Waals surface area contributed by atoms with Gasteiger partial charge in [0.25, 0.3) is 0 Å². The van der Waals surface area contributed by atoms with Gasteiger partial charge in [-0.1, -0.05) is 12.1 Å². The lowest BCUT2D eigenvalue weighted by Gasteiger charge is -2.22. The summed E-state index contributed by atoms with van der Waals surface area (Å²) < 4.78 is 0. The molecule has 3 rings (SSSR count). The van der Waals surface area contributed by atoms with Gasteiger partial charge in [0.2, 0.25) is 0 Å². The number of alkyl halides is 2. The first kappa shape index (κ1) is 19.2. The van der Waals surface area contributed by atoms with Gasteiger partial charge in [0.05, 0.1) is 5.56 Å². The Morgan fingerprint density at radius 2 is 1.81 bits per heavy atom. The summed E-state index contributed by atoms with van der Waals surface area (Å²) >= 11 is 13.4. The van der Waals surface area contributed by atoms with Crippen molar-refractivity contribution in [1.82, 2.24) is 0 Å². The van der Waals surface area contributed by atoms with Crippen molar-refractivity contribution >= 4 is 51.4 Å². The summed E-state index contributed by atoms with van der Waals surface area (Å²) in [5.74, 6) is 1.14. The maximum absolute atomic E-state index is 9.51. The van der Waals surface area contributed by atoms with E-state index in [1.807, 2.05) is 18.3 Å². The zero-order chi connectivity index (χ0) is 18.4. The van der Waals surface area contributed by atoms with Gasteiger partial charge in [0.15, 0.2) is 0 Å². The molecule has 1 aromatic heterocycles. The fourth-order valence-electron chi connectivity index (χ4n) is 3.24.